The molecule has 0 fully saturated rings. The average molecular weight is 202 g/mol. The van der Waals surface area contributed by atoms with E-state index >= 15 is 0 Å². The van der Waals surface area contributed by atoms with Crippen molar-refractivity contribution in [1.29, 1.82) is 0 Å². The summed E-state index contributed by atoms with van der Waals surface area (Å²) in [6, 6.07) is 8.19. The molecule has 0 aromatic heterocycles. The van der Waals surface area contributed by atoms with Crippen LogP contribution in [0.25, 0.3) is 0 Å². The minimum absolute atomic E-state index is 0.0937. The van der Waals surface area contributed by atoms with Crippen LogP contribution in [0.4, 0.5) is 0 Å². The van der Waals surface area contributed by atoms with Crippen LogP contribution in [0.2, 0.25) is 0 Å². The van der Waals surface area contributed by atoms with Gasteiger partial charge in [0.25, 0.3) is 0 Å². The zero-order valence-corrected chi connectivity index (χ0v) is 9.40. The summed E-state index contributed by atoms with van der Waals surface area (Å²) in [5.74, 6) is 0.360. The standard InChI is InChI=1S/C14H18O/c1-4-10(2)14(15)11(3)9-12-7-5-6-8-13(12)14/h4-8,10-11,15H,1,9H2,2-3H3. The second-order valence-corrected chi connectivity index (χ2v) is 4.61. The van der Waals surface area contributed by atoms with Gasteiger partial charge in [-0.3, -0.25) is 0 Å². The lowest BCUT2D eigenvalue weighted by molar-refractivity contribution is -0.0373. The van der Waals surface area contributed by atoms with Gasteiger partial charge in [0.1, 0.15) is 0 Å². The molecule has 0 radical (unpaired) electrons. The minimum atomic E-state index is -0.724. The molecule has 80 valence electrons. The molecule has 1 aliphatic rings. The third-order valence-electron chi connectivity index (χ3n) is 3.77. The Balaban J connectivity index is 2.53. The topological polar surface area (TPSA) is 20.2 Å². The van der Waals surface area contributed by atoms with Crippen LogP contribution in [-0.4, -0.2) is 5.11 Å². The maximum Gasteiger partial charge on any atom is 0.0987 e. The van der Waals surface area contributed by atoms with Crippen molar-refractivity contribution in [3.05, 3.63) is 48.0 Å². The smallest absolute Gasteiger partial charge is 0.0987 e. The van der Waals surface area contributed by atoms with Gasteiger partial charge in [0, 0.05) is 5.92 Å². The van der Waals surface area contributed by atoms with E-state index in [0.717, 1.165) is 12.0 Å². The molecule has 0 saturated carbocycles. The Labute approximate surface area is 91.4 Å². The number of rotatable bonds is 2. The molecule has 1 N–H and O–H groups in total. The SMILES string of the molecule is C=CC(C)C1(O)c2ccccc2CC1C. The maximum atomic E-state index is 10.8. The molecule has 0 heterocycles. The zero-order chi connectivity index (χ0) is 11.1. The van der Waals surface area contributed by atoms with Crippen LogP contribution >= 0.6 is 0 Å². The number of aliphatic hydroxyl groups is 1. The zero-order valence-electron chi connectivity index (χ0n) is 9.40. The van der Waals surface area contributed by atoms with Gasteiger partial charge in [-0.2, -0.15) is 0 Å². The van der Waals surface area contributed by atoms with Gasteiger partial charge in [-0.15, -0.1) is 6.58 Å². The summed E-state index contributed by atoms with van der Waals surface area (Å²) >= 11 is 0. The first kappa shape index (κ1) is 10.4. The van der Waals surface area contributed by atoms with Crippen LogP contribution in [0.3, 0.4) is 0 Å². The first-order chi connectivity index (χ1) is 7.10. The lowest BCUT2D eigenvalue weighted by atomic mass is 9.78. The van der Waals surface area contributed by atoms with Gasteiger partial charge in [0.2, 0.25) is 0 Å². The molecular weight excluding hydrogens is 184 g/mol. The van der Waals surface area contributed by atoms with Crippen molar-refractivity contribution in [2.45, 2.75) is 25.9 Å². The van der Waals surface area contributed by atoms with E-state index in [1.54, 1.807) is 0 Å². The molecule has 15 heavy (non-hydrogen) atoms. The van der Waals surface area contributed by atoms with E-state index in [0.29, 0.717) is 0 Å². The highest BCUT2D eigenvalue weighted by Gasteiger charge is 2.45. The summed E-state index contributed by atoms with van der Waals surface area (Å²) < 4.78 is 0. The van der Waals surface area contributed by atoms with Crippen LogP contribution in [0, 0.1) is 11.8 Å². The van der Waals surface area contributed by atoms with Gasteiger partial charge in [-0.1, -0.05) is 44.2 Å². The fourth-order valence-electron chi connectivity index (χ4n) is 2.71. The normalized spacial score (nSPS) is 31.0. The Hall–Kier alpha value is -1.08. The summed E-state index contributed by atoms with van der Waals surface area (Å²) in [6.45, 7) is 7.94. The predicted molar refractivity (Wildman–Crippen MR) is 62.6 cm³/mol. The van der Waals surface area contributed by atoms with Crippen molar-refractivity contribution in [1.82, 2.24) is 0 Å². The number of hydrogen-bond donors (Lipinski definition) is 1. The summed E-state index contributed by atoms with van der Waals surface area (Å²) in [6.07, 6.45) is 2.81. The van der Waals surface area contributed by atoms with Crippen LogP contribution in [-0.2, 0) is 12.0 Å². The highest BCUT2D eigenvalue weighted by Crippen LogP contribution is 2.46. The lowest BCUT2D eigenvalue weighted by Gasteiger charge is -2.33. The maximum absolute atomic E-state index is 10.8. The summed E-state index contributed by atoms with van der Waals surface area (Å²) in [4.78, 5) is 0. The highest BCUT2D eigenvalue weighted by molar-refractivity contribution is 5.39. The second-order valence-electron chi connectivity index (χ2n) is 4.61. The molecule has 0 aliphatic heterocycles. The Morgan fingerprint density at radius 2 is 2.20 bits per heavy atom. The quantitative estimate of drug-likeness (QED) is 0.731. The van der Waals surface area contributed by atoms with Gasteiger partial charge in [-0.25, -0.2) is 0 Å². The van der Waals surface area contributed by atoms with Gasteiger partial charge < -0.3 is 5.11 Å². The monoisotopic (exact) mass is 202 g/mol. The summed E-state index contributed by atoms with van der Waals surface area (Å²) in [5, 5.41) is 10.8. The molecule has 0 amide bonds. The molecule has 1 aromatic carbocycles. The van der Waals surface area contributed by atoms with E-state index in [2.05, 4.69) is 19.6 Å². The third-order valence-corrected chi connectivity index (χ3v) is 3.77. The Bertz CT molecular complexity index is 383. The molecule has 3 atom stereocenters. The summed E-state index contributed by atoms with van der Waals surface area (Å²) in [7, 11) is 0. The van der Waals surface area contributed by atoms with E-state index in [1.807, 2.05) is 31.2 Å². The molecule has 1 aromatic rings. The van der Waals surface area contributed by atoms with Crippen LogP contribution in [0.5, 0.6) is 0 Å². The van der Waals surface area contributed by atoms with E-state index in [-0.39, 0.29) is 11.8 Å². The summed E-state index contributed by atoms with van der Waals surface area (Å²) in [5.41, 5.74) is 1.64. The van der Waals surface area contributed by atoms with Crippen LogP contribution in [0.1, 0.15) is 25.0 Å². The van der Waals surface area contributed by atoms with Crippen LogP contribution < -0.4 is 0 Å². The van der Waals surface area contributed by atoms with E-state index in [4.69, 9.17) is 0 Å². The molecule has 3 unspecified atom stereocenters. The molecular formula is C14H18O. The molecule has 0 bridgehead atoms. The van der Waals surface area contributed by atoms with Crippen molar-refractivity contribution in [3.63, 3.8) is 0 Å². The molecule has 1 nitrogen and oxygen atoms in total. The largest absolute Gasteiger partial charge is 0.384 e. The van der Waals surface area contributed by atoms with Crippen molar-refractivity contribution in [2.75, 3.05) is 0 Å². The first-order valence-corrected chi connectivity index (χ1v) is 5.54. The fourth-order valence-corrected chi connectivity index (χ4v) is 2.71. The van der Waals surface area contributed by atoms with Crippen molar-refractivity contribution in [2.24, 2.45) is 11.8 Å². The molecule has 0 spiro atoms. The highest BCUT2D eigenvalue weighted by atomic mass is 16.3. The predicted octanol–water partition coefficient (Wildman–Crippen LogP) is 2.89. The minimum Gasteiger partial charge on any atom is -0.384 e. The van der Waals surface area contributed by atoms with Crippen LogP contribution in [0.15, 0.2) is 36.9 Å². The van der Waals surface area contributed by atoms with Crippen molar-refractivity contribution in [3.8, 4) is 0 Å². The fraction of sp³-hybridized carbons (Fsp3) is 0.429. The van der Waals surface area contributed by atoms with Gasteiger partial charge in [0.05, 0.1) is 5.60 Å². The van der Waals surface area contributed by atoms with E-state index in [1.165, 1.54) is 5.56 Å². The molecule has 2 rings (SSSR count). The van der Waals surface area contributed by atoms with E-state index < -0.39 is 5.60 Å². The van der Waals surface area contributed by atoms with Gasteiger partial charge in [0.15, 0.2) is 0 Å². The Kier molecular flexibility index (Phi) is 2.43. The third kappa shape index (κ3) is 1.34. The molecule has 1 aliphatic carbocycles. The molecule has 1 heteroatoms. The lowest BCUT2D eigenvalue weighted by Crippen LogP contribution is -2.36. The Morgan fingerprint density at radius 3 is 2.87 bits per heavy atom. The number of hydrogen-bond acceptors (Lipinski definition) is 1. The van der Waals surface area contributed by atoms with E-state index in [9.17, 15) is 5.11 Å². The number of benzene rings is 1. The van der Waals surface area contributed by atoms with Crippen molar-refractivity contribution >= 4 is 0 Å². The first-order valence-electron chi connectivity index (χ1n) is 5.54. The van der Waals surface area contributed by atoms with Gasteiger partial charge >= 0.3 is 0 Å². The Morgan fingerprint density at radius 1 is 1.53 bits per heavy atom. The average Bonchev–Trinajstić information content (AvgIpc) is 2.52. The molecule has 0 saturated heterocycles. The van der Waals surface area contributed by atoms with Gasteiger partial charge in [-0.05, 0) is 23.5 Å². The number of fused-ring (bicyclic) bond motifs is 1. The van der Waals surface area contributed by atoms with Crippen molar-refractivity contribution < 1.29 is 5.11 Å². The second kappa shape index (κ2) is 3.49.